The molecule has 1 N–H and O–H groups in total. The van der Waals surface area contributed by atoms with E-state index in [-0.39, 0.29) is 0 Å². The molecule has 0 atom stereocenters. The van der Waals surface area contributed by atoms with Crippen LogP contribution in [0.25, 0.3) is 0 Å². The Kier molecular flexibility index (Phi) is 4.35. The SMILES string of the molecule is Cn1c(CNCc2ccc(C(F)(F)F)cc2)cnc1Cl. The number of halogens is 4. The third-order valence-electron chi connectivity index (χ3n) is 2.94. The van der Waals surface area contributed by atoms with E-state index in [4.69, 9.17) is 11.6 Å². The van der Waals surface area contributed by atoms with Gasteiger partial charge in [-0.3, -0.25) is 0 Å². The summed E-state index contributed by atoms with van der Waals surface area (Å²) in [6.45, 7) is 1.01. The Morgan fingerprint density at radius 3 is 2.35 bits per heavy atom. The van der Waals surface area contributed by atoms with Gasteiger partial charge < -0.3 is 9.88 Å². The molecular formula is C13H13ClF3N3. The van der Waals surface area contributed by atoms with Crippen molar-refractivity contribution in [2.75, 3.05) is 0 Å². The van der Waals surface area contributed by atoms with Gasteiger partial charge in [-0.1, -0.05) is 12.1 Å². The van der Waals surface area contributed by atoms with E-state index in [0.717, 1.165) is 23.4 Å². The highest BCUT2D eigenvalue weighted by Gasteiger charge is 2.29. The molecular weight excluding hydrogens is 291 g/mol. The van der Waals surface area contributed by atoms with Gasteiger partial charge in [-0.05, 0) is 29.3 Å². The van der Waals surface area contributed by atoms with Gasteiger partial charge in [-0.15, -0.1) is 0 Å². The Balaban J connectivity index is 1.90. The third-order valence-corrected chi connectivity index (χ3v) is 3.30. The number of rotatable bonds is 4. The van der Waals surface area contributed by atoms with Crippen molar-refractivity contribution in [2.24, 2.45) is 7.05 Å². The fourth-order valence-corrected chi connectivity index (χ4v) is 1.89. The lowest BCUT2D eigenvalue weighted by atomic mass is 10.1. The molecule has 3 nitrogen and oxygen atoms in total. The van der Waals surface area contributed by atoms with Crippen LogP contribution in [0.4, 0.5) is 13.2 Å². The molecule has 2 aromatic rings. The van der Waals surface area contributed by atoms with Crippen LogP contribution in [0.3, 0.4) is 0 Å². The zero-order valence-corrected chi connectivity index (χ0v) is 11.5. The van der Waals surface area contributed by atoms with E-state index in [1.54, 1.807) is 17.8 Å². The summed E-state index contributed by atoms with van der Waals surface area (Å²) < 4.78 is 38.9. The first-order valence-electron chi connectivity index (χ1n) is 5.91. The Bertz CT molecular complexity index is 576. The minimum absolute atomic E-state index is 0.399. The highest BCUT2D eigenvalue weighted by Crippen LogP contribution is 2.29. The maximum atomic E-state index is 12.4. The maximum absolute atomic E-state index is 12.4. The molecule has 0 aliphatic heterocycles. The van der Waals surface area contributed by atoms with Gasteiger partial charge >= 0.3 is 6.18 Å². The van der Waals surface area contributed by atoms with Gasteiger partial charge in [0.1, 0.15) is 0 Å². The Morgan fingerprint density at radius 2 is 1.85 bits per heavy atom. The third kappa shape index (κ3) is 3.52. The van der Waals surface area contributed by atoms with Crippen LogP contribution >= 0.6 is 11.6 Å². The molecule has 0 saturated carbocycles. The van der Waals surface area contributed by atoms with E-state index in [1.165, 1.54) is 12.1 Å². The van der Waals surface area contributed by atoms with E-state index in [2.05, 4.69) is 10.3 Å². The zero-order valence-electron chi connectivity index (χ0n) is 10.7. The smallest absolute Gasteiger partial charge is 0.321 e. The molecule has 0 bridgehead atoms. The van der Waals surface area contributed by atoms with Crippen molar-refractivity contribution >= 4 is 11.6 Å². The van der Waals surface area contributed by atoms with Gasteiger partial charge in [0.05, 0.1) is 17.5 Å². The summed E-state index contributed by atoms with van der Waals surface area (Å²) in [6.07, 6.45) is -2.64. The van der Waals surface area contributed by atoms with Crippen LogP contribution in [0, 0.1) is 0 Å². The highest BCUT2D eigenvalue weighted by molar-refractivity contribution is 6.28. The number of hydrogen-bond donors (Lipinski definition) is 1. The summed E-state index contributed by atoms with van der Waals surface area (Å²) in [6, 6.07) is 5.09. The zero-order chi connectivity index (χ0) is 14.8. The number of imidazole rings is 1. The molecule has 7 heteroatoms. The second-order valence-corrected chi connectivity index (χ2v) is 4.71. The number of alkyl halides is 3. The van der Waals surface area contributed by atoms with Crippen molar-refractivity contribution < 1.29 is 13.2 Å². The van der Waals surface area contributed by atoms with Crippen molar-refractivity contribution in [3.63, 3.8) is 0 Å². The predicted molar refractivity (Wildman–Crippen MR) is 70.2 cm³/mol. The minimum atomic E-state index is -4.29. The number of nitrogens with zero attached hydrogens (tertiary/aromatic N) is 2. The second-order valence-electron chi connectivity index (χ2n) is 4.38. The summed E-state index contributed by atoms with van der Waals surface area (Å²) in [5.41, 5.74) is 1.05. The van der Waals surface area contributed by atoms with E-state index in [1.807, 2.05) is 0 Å². The fourth-order valence-electron chi connectivity index (χ4n) is 1.73. The molecule has 108 valence electrons. The van der Waals surface area contributed by atoms with Crippen molar-refractivity contribution in [2.45, 2.75) is 19.3 Å². The monoisotopic (exact) mass is 303 g/mol. The molecule has 1 heterocycles. The Hall–Kier alpha value is -1.53. The lowest BCUT2D eigenvalue weighted by molar-refractivity contribution is -0.137. The summed E-state index contributed by atoms with van der Waals surface area (Å²) in [4.78, 5) is 3.94. The summed E-state index contributed by atoms with van der Waals surface area (Å²) >= 11 is 5.80. The standard InChI is InChI=1S/C13H13ClF3N3/c1-20-11(8-19-12(20)14)7-18-6-9-2-4-10(5-3-9)13(15,16)17/h2-5,8,18H,6-7H2,1H3. The number of aromatic nitrogens is 2. The van der Waals surface area contributed by atoms with E-state index < -0.39 is 11.7 Å². The molecule has 1 aromatic heterocycles. The molecule has 0 unspecified atom stereocenters. The minimum Gasteiger partial charge on any atom is -0.321 e. The van der Waals surface area contributed by atoms with Crippen LogP contribution in [0.15, 0.2) is 30.5 Å². The Labute approximate surface area is 119 Å². The normalized spacial score (nSPS) is 11.8. The van der Waals surface area contributed by atoms with Gasteiger partial charge in [0, 0.05) is 20.1 Å². The van der Waals surface area contributed by atoms with E-state index in [9.17, 15) is 13.2 Å². The molecule has 0 aliphatic carbocycles. The average Bonchev–Trinajstić information content (AvgIpc) is 2.70. The number of benzene rings is 1. The van der Waals surface area contributed by atoms with Crippen molar-refractivity contribution in [1.82, 2.24) is 14.9 Å². The van der Waals surface area contributed by atoms with E-state index in [0.29, 0.717) is 18.4 Å². The first-order valence-corrected chi connectivity index (χ1v) is 6.28. The number of nitrogens with one attached hydrogen (secondary N) is 1. The van der Waals surface area contributed by atoms with E-state index >= 15 is 0 Å². The maximum Gasteiger partial charge on any atom is 0.416 e. The molecule has 20 heavy (non-hydrogen) atoms. The second kappa shape index (κ2) is 5.85. The van der Waals surface area contributed by atoms with Crippen molar-refractivity contribution in [3.8, 4) is 0 Å². The largest absolute Gasteiger partial charge is 0.416 e. The molecule has 0 radical (unpaired) electrons. The summed E-state index contributed by atoms with van der Waals surface area (Å²) in [5.74, 6) is 0. The van der Waals surface area contributed by atoms with Gasteiger partial charge in [0.15, 0.2) is 0 Å². The molecule has 0 fully saturated rings. The first kappa shape index (κ1) is 14.9. The lowest BCUT2D eigenvalue weighted by Crippen LogP contribution is -2.15. The highest BCUT2D eigenvalue weighted by atomic mass is 35.5. The lowest BCUT2D eigenvalue weighted by Gasteiger charge is -2.09. The van der Waals surface area contributed by atoms with Gasteiger partial charge in [-0.2, -0.15) is 13.2 Å². The van der Waals surface area contributed by atoms with Crippen LogP contribution < -0.4 is 5.32 Å². The van der Waals surface area contributed by atoms with Gasteiger partial charge in [-0.25, -0.2) is 4.98 Å². The number of hydrogen-bond acceptors (Lipinski definition) is 2. The molecule has 0 amide bonds. The van der Waals surface area contributed by atoms with Gasteiger partial charge in [0.25, 0.3) is 0 Å². The molecule has 0 saturated heterocycles. The van der Waals surface area contributed by atoms with Gasteiger partial charge in [0.2, 0.25) is 5.28 Å². The summed E-state index contributed by atoms with van der Waals surface area (Å²) in [7, 11) is 1.80. The summed E-state index contributed by atoms with van der Waals surface area (Å²) in [5, 5.41) is 3.53. The quantitative estimate of drug-likeness (QED) is 0.938. The topological polar surface area (TPSA) is 29.9 Å². The molecule has 1 aromatic carbocycles. The first-order chi connectivity index (χ1) is 9.38. The van der Waals surface area contributed by atoms with Crippen LogP contribution in [-0.4, -0.2) is 9.55 Å². The fraction of sp³-hybridized carbons (Fsp3) is 0.308. The van der Waals surface area contributed by atoms with Crippen molar-refractivity contribution in [1.29, 1.82) is 0 Å². The van der Waals surface area contributed by atoms with Crippen molar-refractivity contribution in [3.05, 3.63) is 52.6 Å². The predicted octanol–water partition coefficient (Wildman–Crippen LogP) is 3.38. The molecule has 2 rings (SSSR count). The van der Waals surface area contributed by atoms with Crippen LogP contribution in [0.1, 0.15) is 16.8 Å². The van der Waals surface area contributed by atoms with Crippen LogP contribution in [-0.2, 0) is 26.3 Å². The molecule has 0 aliphatic rings. The Morgan fingerprint density at radius 1 is 1.20 bits per heavy atom. The van der Waals surface area contributed by atoms with Crippen LogP contribution in [0.2, 0.25) is 5.28 Å². The average molecular weight is 304 g/mol. The van der Waals surface area contributed by atoms with Crippen LogP contribution in [0.5, 0.6) is 0 Å². The molecule has 0 spiro atoms.